The third-order valence-corrected chi connectivity index (χ3v) is 5.85. The molecule has 0 spiro atoms. The van der Waals surface area contributed by atoms with Crippen LogP contribution >= 0.6 is 0 Å². The predicted octanol–water partition coefficient (Wildman–Crippen LogP) is 4.29. The molecular formula is C22H23N3O3S. The first-order valence-electron chi connectivity index (χ1n) is 9.23. The third-order valence-electron chi connectivity index (χ3n) is 4.30. The van der Waals surface area contributed by atoms with E-state index in [1.54, 1.807) is 32.0 Å². The van der Waals surface area contributed by atoms with Crippen molar-refractivity contribution in [3.8, 4) is 0 Å². The second-order valence-electron chi connectivity index (χ2n) is 6.50. The summed E-state index contributed by atoms with van der Waals surface area (Å²) in [7, 11) is -3.63. The molecule has 0 saturated carbocycles. The number of carbonyl (C=O) groups is 1. The monoisotopic (exact) mass is 409 g/mol. The highest BCUT2D eigenvalue weighted by Gasteiger charge is 2.17. The van der Waals surface area contributed by atoms with Crippen LogP contribution in [0.5, 0.6) is 0 Å². The standard InChI is InChI=1S/C22H23N3O3S/c1-3-23-29(27,28)20-14-9-16(2)21(15-20)22(26)25-19-12-10-18(11-13-19)24-17-7-5-4-6-8-17/h4-15,23-24H,3H2,1-2H3,(H,25,26). The Hall–Kier alpha value is -3.16. The number of hydrogen-bond acceptors (Lipinski definition) is 4. The molecule has 0 fully saturated rings. The number of anilines is 3. The van der Waals surface area contributed by atoms with Gasteiger partial charge in [0.2, 0.25) is 10.0 Å². The van der Waals surface area contributed by atoms with Crippen molar-refractivity contribution in [2.45, 2.75) is 18.7 Å². The van der Waals surface area contributed by atoms with Crippen LogP contribution in [0, 0.1) is 6.92 Å². The summed E-state index contributed by atoms with van der Waals surface area (Å²) in [5, 5.41) is 6.09. The predicted molar refractivity (Wildman–Crippen MR) is 116 cm³/mol. The van der Waals surface area contributed by atoms with Gasteiger partial charge in [0.25, 0.3) is 5.91 Å². The molecule has 3 N–H and O–H groups in total. The molecule has 6 nitrogen and oxygen atoms in total. The van der Waals surface area contributed by atoms with E-state index in [1.165, 1.54) is 12.1 Å². The molecule has 3 aromatic rings. The highest BCUT2D eigenvalue weighted by atomic mass is 32.2. The topological polar surface area (TPSA) is 87.3 Å². The number of nitrogens with one attached hydrogen (secondary N) is 3. The van der Waals surface area contributed by atoms with Gasteiger partial charge < -0.3 is 10.6 Å². The number of carbonyl (C=O) groups excluding carboxylic acids is 1. The number of amides is 1. The Morgan fingerprint density at radius 3 is 2.14 bits per heavy atom. The molecule has 0 bridgehead atoms. The quantitative estimate of drug-likeness (QED) is 0.543. The lowest BCUT2D eigenvalue weighted by molar-refractivity contribution is 0.102. The molecule has 3 aromatic carbocycles. The molecule has 0 atom stereocenters. The minimum Gasteiger partial charge on any atom is -0.356 e. The third kappa shape index (κ3) is 5.22. The summed E-state index contributed by atoms with van der Waals surface area (Å²) in [5.41, 5.74) is 3.49. The van der Waals surface area contributed by atoms with Crippen molar-refractivity contribution in [2.75, 3.05) is 17.2 Å². The van der Waals surface area contributed by atoms with Crippen LogP contribution in [0.25, 0.3) is 0 Å². The van der Waals surface area contributed by atoms with E-state index in [9.17, 15) is 13.2 Å². The summed E-state index contributed by atoms with van der Waals surface area (Å²) in [6.45, 7) is 3.75. The Morgan fingerprint density at radius 2 is 1.48 bits per heavy atom. The number of rotatable bonds is 7. The Labute approximate surface area is 171 Å². The van der Waals surface area contributed by atoms with E-state index in [0.717, 1.165) is 11.4 Å². The zero-order chi connectivity index (χ0) is 20.9. The van der Waals surface area contributed by atoms with Crippen molar-refractivity contribution in [2.24, 2.45) is 0 Å². The Morgan fingerprint density at radius 1 is 0.862 bits per heavy atom. The van der Waals surface area contributed by atoms with Crippen LogP contribution in [0.1, 0.15) is 22.8 Å². The van der Waals surface area contributed by atoms with Crippen molar-refractivity contribution in [1.29, 1.82) is 0 Å². The average Bonchev–Trinajstić information content (AvgIpc) is 2.70. The van der Waals surface area contributed by atoms with E-state index in [1.807, 2.05) is 42.5 Å². The van der Waals surface area contributed by atoms with E-state index in [-0.39, 0.29) is 17.3 Å². The number of sulfonamides is 1. The lowest BCUT2D eigenvalue weighted by atomic mass is 10.1. The lowest BCUT2D eigenvalue weighted by Gasteiger charge is -2.11. The second kappa shape index (κ2) is 8.89. The first kappa shape index (κ1) is 20.6. The molecule has 0 radical (unpaired) electrons. The maximum Gasteiger partial charge on any atom is 0.255 e. The fourth-order valence-electron chi connectivity index (χ4n) is 2.81. The minimum absolute atomic E-state index is 0.0671. The van der Waals surface area contributed by atoms with Gasteiger partial charge in [0.1, 0.15) is 0 Å². The van der Waals surface area contributed by atoms with E-state index in [4.69, 9.17) is 0 Å². The summed E-state index contributed by atoms with van der Waals surface area (Å²) in [6.07, 6.45) is 0. The first-order valence-corrected chi connectivity index (χ1v) is 10.7. The van der Waals surface area contributed by atoms with Crippen LogP contribution in [-0.4, -0.2) is 20.9 Å². The van der Waals surface area contributed by atoms with Crippen LogP contribution in [0.3, 0.4) is 0 Å². The van der Waals surface area contributed by atoms with Crippen molar-refractivity contribution in [1.82, 2.24) is 4.72 Å². The SMILES string of the molecule is CCNS(=O)(=O)c1ccc(C)c(C(=O)Nc2ccc(Nc3ccccc3)cc2)c1. The van der Waals surface area contributed by atoms with Crippen molar-refractivity contribution in [3.05, 3.63) is 83.9 Å². The molecule has 0 aliphatic rings. The lowest BCUT2D eigenvalue weighted by Crippen LogP contribution is -2.24. The number of para-hydroxylation sites is 1. The summed E-state index contributed by atoms with van der Waals surface area (Å²) < 4.78 is 26.9. The second-order valence-corrected chi connectivity index (χ2v) is 8.27. The van der Waals surface area contributed by atoms with Gasteiger partial charge in [0, 0.05) is 29.2 Å². The Kier molecular flexibility index (Phi) is 6.31. The van der Waals surface area contributed by atoms with Gasteiger partial charge in [-0.3, -0.25) is 4.79 Å². The van der Waals surface area contributed by atoms with Crippen molar-refractivity contribution in [3.63, 3.8) is 0 Å². The molecule has 29 heavy (non-hydrogen) atoms. The summed E-state index contributed by atoms with van der Waals surface area (Å²) >= 11 is 0. The molecular weight excluding hydrogens is 386 g/mol. The minimum atomic E-state index is -3.63. The van der Waals surface area contributed by atoms with Crippen LogP contribution in [0.4, 0.5) is 17.1 Å². The molecule has 3 rings (SSSR count). The highest BCUT2D eigenvalue weighted by molar-refractivity contribution is 7.89. The maximum atomic E-state index is 12.7. The van der Waals surface area contributed by atoms with Crippen LogP contribution in [0.15, 0.2) is 77.7 Å². The maximum absolute atomic E-state index is 12.7. The fourth-order valence-corrected chi connectivity index (χ4v) is 3.88. The van der Waals surface area contributed by atoms with Gasteiger partial charge in [-0.1, -0.05) is 31.2 Å². The van der Waals surface area contributed by atoms with Crippen molar-refractivity contribution < 1.29 is 13.2 Å². The fraction of sp³-hybridized carbons (Fsp3) is 0.136. The van der Waals surface area contributed by atoms with Crippen molar-refractivity contribution >= 4 is 33.0 Å². The van der Waals surface area contributed by atoms with E-state index in [0.29, 0.717) is 16.8 Å². The number of hydrogen-bond donors (Lipinski definition) is 3. The van der Waals surface area contributed by atoms with E-state index < -0.39 is 10.0 Å². The molecule has 7 heteroatoms. The van der Waals surface area contributed by atoms with Crippen LogP contribution < -0.4 is 15.4 Å². The zero-order valence-electron chi connectivity index (χ0n) is 16.3. The molecule has 150 valence electrons. The smallest absolute Gasteiger partial charge is 0.255 e. The zero-order valence-corrected chi connectivity index (χ0v) is 17.1. The molecule has 0 aliphatic carbocycles. The first-order chi connectivity index (χ1) is 13.9. The molecule has 0 heterocycles. The van der Waals surface area contributed by atoms with Gasteiger partial charge in [-0.25, -0.2) is 13.1 Å². The van der Waals surface area contributed by atoms with E-state index >= 15 is 0 Å². The Balaban J connectivity index is 1.75. The normalized spacial score (nSPS) is 11.1. The molecule has 0 unspecified atom stereocenters. The van der Waals surface area contributed by atoms with Crippen LogP contribution in [-0.2, 0) is 10.0 Å². The van der Waals surface area contributed by atoms with Gasteiger partial charge in [0.05, 0.1) is 4.90 Å². The highest BCUT2D eigenvalue weighted by Crippen LogP contribution is 2.21. The van der Waals surface area contributed by atoms with E-state index in [2.05, 4.69) is 15.4 Å². The number of aryl methyl sites for hydroxylation is 1. The summed E-state index contributed by atoms with van der Waals surface area (Å²) in [4.78, 5) is 12.8. The van der Waals surface area contributed by atoms with Gasteiger partial charge in [-0.2, -0.15) is 0 Å². The largest absolute Gasteiger partial charge is 0.356 e. The van der Waals surface area contributed by atoms with Gasteiger partial charge >= 0.3 is 0 Å². The molecule has 1 amide bonds. The van der Waals surface area contributed by atoms with Gasteiger partial charge in [-0.15, -0.1) is 0 Å². The number of benzene rings is 3. The van der Waals surface area contributed by atoms with Gasteiger partial charge in [-0.05, 0) is 61.0 Å². The van der Waals surface area contributed by atoms with Gasteiger partial charge in [0.15, 0.2) is 0 Å². The summed E-state index contributed by atoms with van der Waals surface area (Å²) in [6, 6.07) is 21.6. The average molecular weight is 410 g/mol. The molecule has 0 saturated heterocycles. The summed E-state index contributed by atoms with van der Waals surface area (Å²) in [5.74, 6) is -0.361. The molecule has 0 aromatic heterocycles. The van der Waals surface area contributed by atoms with Crippen LogP contribution in [0.2, 0.25) is 0 Å². The molecule has 0 aliphatic heterocycles. The Bertz CT molecular complexity index is 1100.